The summed E-state index contributed by atoms with van der Waals surface area (Å²) in [6.45, 7) is -0.209. The number of benzene rings is 1. The lowest BCUT2D eigenvalue weighted by Gasteiger charge is -2.22. The average molecular weight is 368 g/mol. The predicted octanol–water partition coefficient (Wildman–Crippen LogP) is 1.41. The third-order valence-electron chi connectivity index (χ3n) is 3.55. The third kappa shape index (κ3) is 3.99. The van der Waals surface area contributed by atoms with Crippen LogP contribution in [-0.4, -0.2) is 56.7 Å². The Balaban J connectivity index is 1.61. The molecule has 26 heavy (non-hydrogen) atoms. The van der Waals surface area contributed by atoms with Gasteiger partial charge in [0.05, 0.1) is 5.56 Å². The van der Waals surface area contributed by atoms with Gasteiger partial charge in [0.25, 0.3) is 0 Å². The maximum atomic E-state index is 12.9. The second-order valence-corrected chi connectivity index (χ2v) is 5.56. The molecule has 8 nitrogen and oxygen atoms in total. The molecule has 1 atom stereocenters. The number of hydrogen-bond acceptors (Lipinski definition) is 7. The Labute approximate surface area is 145 Å². The number of aliphatic hydroxyl groups excluding tert-OH is 1. The first-order chi connectivity index (χ1) is 12.3. The van der Waals surface area contributed by atoms with Gasteiger partial charge in [-0.05, 0) is 34.7 Å². The molecule has 0 spiro atoms. The van der Waals surface area contributed by atoms with E-state index in [1.165, 1.54) is 22.8 Å². The Kier molecular flexibility index (Phi) is 4.89. The van der Waals surface area contributed by atoms with Gasteiger partial charge in [0, 0.05) is 13.6 Å². The van der Waals surface area contributed by atoms with Crippen molar-refractivity contribution in [1.29, 1.82) is 0 Å². The average Bonchev–Trinajstić information content (AvgIpc) is 3.07. The summed E-state index contributed by atoms with van der Waals surface area (Å²) in [7, 11) is 1.67. The van der Waals surface area contributed by atoms with Crippen LogP contribution in [0.15, 0.2) is 36.4 Å². The molecule has 0 radical (unpaired) electrons. The molecule has 0 aliphatic carbocycles. The fraction of sp³-hybridized carbons (Fsp3) is 0.333. The van der Waals surface area contributed by atoms with Crippen LogP contribution in [0.5, 0.6) is 5.75 Å². The van der Waals surface area contributed by atoms with E-state index in [2.05, 4.69) is 20.6 Å². The number of aromatic nitrogens is 5. The Morgan fingerprint density at radius 3 is 2.77 bits per heavy atom. The van der Waals surface area contributed by atoms with Gasteiger partial charge in [0.1, 0.15) is 18.5 Å². The lowest BCUT2D eigenvalue weighted by atomic mass is 10.2. The Bertz CT molecular complexity index is 885. The third-order valence-corrected chi connectivity index (χ3v) is 3.55. The molecular weight excluding hydrogens is 353 g/mol. The highest BCUT2D eigenvalue weighted by Gasteiger charge is 2.34. The van der Waals surface area contributed by atoms with Crippen molar-refractivity contribution >= 4 is 11.5 Å². The molecule has 138 valence electrons. The maximum absolute atomic E-state index is 12.9. The Hall–Kier alpha value is -2.95. The summed E-state index contributed by atoms with van der Waals surface area (Å²) in [4.78, 5) is 1.62. The van der Waals surface area contributed by atoms with E-state index >= 15 is 0 Å². The van der Waals surface area contributed by atoms with Crippen LogP contribution in [0.25, 0.3) is 5.65 Å². The van der Waals surface area contributed by atoms with E-state index in [1.54, 1.807) is 24.1 Å². The van der Waals surface area contributed by atoms with Crippen LogP contribution in [-0.2, 0) is 6.18 Å². The first kappa shape index (κ1) is 17.9. The highest BCUT2D eigenvalue weighted by Crippen LogP contribution is 2.35. The van der Waals surface area contributed by atoms with Crippen molar-refractivity contribution in [1.82, 2.24) is 25.3 Å². The largest absolute Gasteiger partial charge is 0.490 e. The molecule has 1 N–H and O–H groups in total. The van der Waals surface area contributed by atoms with Gasteiger partial charge in [-0.2, -0.15) is 13.2 Å². The van der Waals surface area contributed by atoms with Gasteiger partial charge in [-0.25, -0.2) is 0 Å². The molecule has 3 rings (SSSR count). The van der Waals surface area contributed by atoms with Gasteiger partial charge >= 0.3 is 6.18 Å². The summed E-state index contributed by atoms with van der Waals surface area (Å²) in [6.07, 6.45) is -5.56. The molecule has 0 aliphatic heterocycles. The van der Waals surface area contributed by atoms with Gasteiger partial charge in [-0.3, -0.25) is 0 Å². The monoisotopic (exact) mass is 368 g/mol. The first-order valence-electron chi connectivity index (χ1n) is 7.58. The predicted molar refractivity (Wildman–Crippen MR) is 84.8 cm³/mol. The summed E-state index contributed by atoms with van der Waals surface area (Å²) in [6, 6.07) is 8.18. The van der Waals surface area contributed by atoms with E-state index in [-0.39, 0.29) is 18.9 Å². The van der Waals surface area contributed by atoms with E-state index in [9.17, 15) is 18.3 Å². The first-order valence-corrected chi connectivity index (χ1v) is 7.58. The van der Waals surface area contributed by atoms with Gasteiger partial charge < -0.3 is 14.7 Å². The van der Waals surface area contributed by atoms with Crippen LogP contribution in [0.2, 0.25) is 0 Å². The van der Waals surface area contributed by atoms with Crippen LogP contribution < -0.4 is 9.64 Å². The molecule has 0 bridgehead atoms. The molecule has 0 aliphatic rings. The second kappa shape index (κ2) is 7.12. The maximum Gasteiger partial charge on any atom is 0.419 e. The van der Waals surface area contributed by atoms with Crippen LogP contribution in [0.1, 0.15) is 5.56 Å². The van der Waals surface area contributed by atoms with E-state index in [0.717, 1.165) is 6.07 Å². The van der Waals surface area contributed by atoms with Gasteiger partial charge in [0.15, 0.2) is 11.5 Å². The normalized spacial score (nSPS) is 13.0. The van der Waals surface area contributed by atoms with E-state index in [0.29, 0.717) is 11.5 Å². The number of anilines is 1. The molecule has 0 amide bonds. The SMILES string of the molecule is CN(C[C@@H](O)COc1ccccc1C(F)(F)F)c1ccc2nnnn2n1. The van der Waals surface area contributed by atoms with Crippen molar-refractivity contribution in [3.63, 3.8) is 0 Å². The standard InChI is InChI=1S/C15H15F3N6O2/c1-23(14-7-6-13-19-21-22-24(13)20-14)8-10(25)9-26-12-5-3-2-4-11(12)15(16,17)18/h2-7,10,25H,8-9H2,1H3/t10-/m1/s1. The molecule has 0 fully saturated rings. The molecule has 11 heteroatoms. The van der Waals surface area contributed by atoms with E-state index in [4.69, 9.17) is 4.74 Å². The number of para-hydroxylation sites is 1. The molecule has 0 saturated carbocycles. The molecule has 2 heterocycles. The van der Waals surface area contributed by atoms with Gasteiger partial charge in [0.2, 0.25) is 0 Å². The minimum atomic E-state index is -4.52. The molecule has 1 aromatic carbocycles. The number of ether oxygens (including phenoxy) is 1. The van der Waals surface area contributed by atoms with Crippen LogP contribution in [0, 0.1) is 0 Å². The summed E-state index contributed by atoms with van der Waals surface area (Å²) < 4.78 is 45.2. The fourth-order valence-corrected chi connectivity index (χ4v) is 2.32. The highest BCUT2D eigenvalue weighted by atomic mass is 19.4. The smallest absolute Gasteiger partial charge is 0.419 e. The fourth-order valence-electron chi connectivity index (χ4n) is 2.32. The summed E-state index contributed by atoms with van der Waals surface area (Å²) in [5, 5.41) is 25.1. The number of tetrazole rings is 1. The van der Waals surface area contributed by atoms with Gasteiger partial charge in [-0.1, -0.05) is 12.1 Å². The zero-order valence-corrected chi connectivity index (χ0v) is 13.6. The van der Waals surface area contributed by atoms with Crippen molar-refractivity contribution in [3.05, 3.63) is 42.0 Å². The van der Waals surface area contributed by atoms with Gasteiger partial charge in [-0.15, -0.1) is 14.8 Å². The summed E-state index contributed by atoms with van der Waals surface area (Å²) >= 11 is 0. The summed E-state index contributed by atoms with van der Waals surface area (Å²) in [5.74, 6) is 0.162. The number of nitrogens with zero attached hydrogens (tertiary/aromatic N) is 6. The number of likely N-dealkylation sites (N-methyl/N-ethyl adjacent to an activating group) is 1. The zero-order valence-electron chi connectivity index (χ0n) is 13.6. The molecule has 2 aromatic heterocycles. The van der Waals surface area contributed by atoms with E-state index < -0.39 is 17.8 Å². The molecule has 0 unspecified atom stereocenters. The zero-order chi connectivity index (χ0) is 18.7. The second-order valence-electron chi connectivity index (χ2n) is 5.56. The quantitative estimate of drug-likeness (QED) is 0.704. The van der Waals surface area contributed by atoms with Crippen LogP contribution in [0.3, 0.4) is 0 Å². The summed E-state index contributed by atoms with van der Waals surface area (Å²) in [5.41, 5.74) is -0.416. The van der Waals surface area contributed by atoms with Crippen LogP contribution in [0.4, 0.5) is 19.0 Å². The number of fused-ring (bicyclic) bond motifs is 1. The lowest BCUT2D eigenvalue weighted by Crippen LogP contribution is -2.34. The van der Waals surface area contributed by atoms with Crippen molar-refractivity contribution < 1.29 is 23.0 Å². The van der Waals surface area contributed by atoms with Crippen molar-refractivity contribution in [2.24, 2.45) is 0 Å². The van der Waals surface area contributed by atoms with E-state index in [1.807, 2.05) is 0 Å². The number of rotatable bonds is 6. The highest BCUT2D eigenvalue weighted by molar-refractivity contribution is 5.43. The Morgan fingerprint density at radius 1 is 1.23 bits per heavy atom. The van der Waals surface area contributed by atoms with Crippen molar-refractivity contribution in [2.75, 3.05) is 25.1 Å². The molecule has 0 saturated heterocycles. The molecular formula is C15H15F3N6O2. The van der Waals surface area contributed by atoms with Crippen molar-refractivity contribution in [2.45, 2.75) is 12.3 Å². The molecule has 3 aromatic rings. The number of aliphatic hydroxyl groups is 1. The number of halogens is 3. The topological polar surface area (TPSA) is 88.7 Å². The number of hydrogen-bond donors (Lipinski definition) is 1. The number of alkyl halides is 3. The van der Waals surface area contributed by atoms with Crippen molar-refractivity contribution in [3.8, 4) is 5.75 Å². The minimum absolute atomic E-state index is 0.0921. The van der Waals surface area contributed by atoms with Crippen LogP contribution >= 0.6 is 0 Å². The lowest BCUT2D eigenvalue weighted by molar-refractivity contribution is -0.139. The minimum Gasteiger partial charge on any atom is -0.490 e. The Morgan fingerprint density at radius 2 is 2.00 bits per heavy atom.